The van der Waals surface area contributed by atoms with E-state index >= 15 is 0 Å². The van der Waals surface area contributed by atoms with E-state index in [1.54, 1.807) is 12.1 Å². The summed E-state index contributed by atoms with van der Waals surface area (Å²) in [5.74, 6) is -1.09. The Kier molecular flexibility index (Phi) is 4.66. The quantitative estimate of drug-likeness (QED) is 0.663. The molecule has 7 heteroatoms. The summed E-state index contributed by atoms with van der Waals surface area (Å²) in [6.45, 7) is 4.66. The van der Waals surface area contributed by atoms with E-state index in [1.807, 2.05) is 0 Å². The van der Waals surface area contributed by atoms with E-state index in [4.69, 9.17) is 0 Å². The minimum Gasteiger partial charge on any atom is -0.388 e. The molecular formula is C17H16F3NO3. The van der Waals surface area contributed by atoms with Crippen LogP contribution in [0.4, 0.5) is 13.2 Å². The predicted molar refractivity (Wildman–Crippen MR) is 81.3 cm³/mol. The first-order chi connectivity index (χ1) is 11.1. The van der Waals surface area contributed by atoms with Crippen molar-refractivity contribution in [2.45, 2.75) is 19.2 Å². The Balaban J connectivity index is 2.25. The molecule has 2 rings (SSSR count). The highest BCUT2D eigenvalue weighted by Gasteiger charge is 2.41. The van der Waals surface area contributed by atoms with Gasteiger partial charge in [-0.05, 0) is 12.1 Å². The molecule has 0 bridgehead atoms. The van der Waals surface area contributed by atoms with Crippen molar-refractivity contribution in [2.75, 3.05) is 6.54 Å². The zero-order chi connectivity index (χ0) is 18.1. The first-order valence-corrected chi connectivity index (χ1v) is 7.12. The van der Waals surface area contributed by atoms with Gasteiger partial charge in [-0.25, -0.2) is 0 Å². The van der Waals surface area contributed by atoms with Gasteiger partial charge >= 0.3 is 6.18 Å². The molecule has 4 nitrogen and oxygen atoms in total. The van der Waals surface area contributed by atoms with Gasteiger partial charge in [0.25, 0.3) is 11.8 Å². The van der Waals surface area contributed by atoms with Crippen molar-refractivity contribution >= 4 is 11.8 Å². The lowest BCUT2D eigenvalue weighted by Crippen LogP contribution is -2.44. The topological polar surface area (TPSA) is 57.6 Å². The molecule has 0 fully saturated rings. The molecule has 1 aliphatic heterocycles. The largest absolute Gasteiger partial charge is 0.409 e. The van der Waals surface area contributed by atoms with Crippen LogP contribution < -0.4 is 0 Å². The number of alkyl halides is 3. The number of aliphatic hydroxyl groups excluding tert-OH is 1. The fraction of sp³-hybridized carbons (Fsp3) is 0.294. The molecular weight excluding hydrogens is 323 g/mol. The molecule has 1 N–H and O–H groups in total. The smallest absolute Gasteiger partial charge is 0.388 e. The maximum atomic E-state index is 12.3. The number of imide groups is 1. The van der Waals surface area contributed by atoms with E-state index in [0.717, 1.165) is 4.90 Å². The van der Waals surface area contributed by atoms with E-state index in [-0.39, 0.29) is 23.7 Å². The van der Waals surface area contributed by atoms with E-state index in [2.05, 4.69) is 6.58 Å². The van der Waals surface area contributed by atoms with Crippen LogP contribution in [0.25, 0.3) is 0 Å². The Morgan fingerprint density at radius 1 is 1.21 bits per heavy atom. The fourth-order valence-electron chi connectivity index (χ4n) is 2.42. The third kappa shape index (κ3) is 3.41. The maximum Gasteiger partial charge on any atom is 0.409 e. The number of allylic oxidation sites excluding steroid dienone is 1. The molecule has 1 heterocycles. The summed E-state index contributed by atoms with van der Waals surface area (Å²) in [6, 6.07) is 6.23. The Morgan fingerprint density at radius 2 is 1.71 bits per heavy atom. The molecule has 0 unspecified atom stereocenters. The van der Waals surface area contributed by atoms with Crippen molar-refractivity contribution in [1.29, 1.82) is 0 Å². The van der Waals surface area contributed by atoms with Crippen LogP contribution in [0, 0.1) is 5.41 Å². The van der Waals surface area contributed by atoms with Crippen LogP contribution in [-0.4, -0.2) is 40.6 Å². The molecule has 0 saturated heterocycles. The number of benzene rings is 1. The van der Waals surface area contributed by atoms with Crippen LogP contribution >= 0.6 is 0 Å². The summed E-state index contributed by atoms with van der Waals surface area (Å²) in [5.41, 5.74) is -0.863. The molecule has 1 aromatic carbocycles. The van der Waals surface area contributed by atoms with Crippen LogP contribution in [0.5, 0.6) is 0 Å². The van der Waals surface area contributed by atoms with E-state index in [9.17, 15) is 27.9 Å². The Hall–Kier alpha value is -2.41. The summed E-state index contributed by atoms with van der Waals surface area (Å²) in [4.78, 5) is 25.6. The summed E-state index contributed by atoms with van der Waals surface area (Å²) in [7, 11) is 0. The van der Waals surface area contributed by atoms with Crippen molar-refractivity contribution < 1.29 is 27.9 Å². The number of hydrogen-bond donors (Lipinski definition) is 1. The SMILES string of the molecule is C=C[C@](C)(CN1C(=O)c2ccccc2C1=O)[C@H](O)/C=C/C(F)(F)F. The van der Waals surface area contributed by atoms with Gasteiger partial charge in [0, 0.05) is 18.0 Å². The summed E-state index contributed by atoms with van der Waals surface area (Å²) in [6.07, 6.45) is -4.40. The number of aliphatic hydroxyl groups is 1. The van der Waals surface area contributed by atoms with E-state index in [1.165, 1.54) is 25.1 Å². The van der Waals surface area contributed by atoms with Crippen LogP contribution in [0.1, 0.15) is 27.6 Å². The zero-order valence-corrected chi connectivity index (χ0v) is 12.9. The number of amides is 2. The summed E-state index contributed by atoms with van der Waals surface area (Å²) >= 11 is 0. The maximum absolute atomic E-state index is 12.3. The highest BCUT2D eigenvalue weighted by atomic mass is 19.4. The van der Waals surface area contributed by atoms with Crippen LogP contribution in [-0.2, 0) is 0 Å². The number of carbonyl (C=O) groups is 2. The molecule has 0 saturated carbocycles. The van der Waals surface area contributed by atoms with Gasteiger partial charge in [-0.1, -0.05) is 31.2 Å². The minimum atomic E-state index is -4.57. The molecule has 0 radical (unpaired) electrons. The lowest BCUT2D eigenvalue weighted by molar-refractivity contribution is -0.0810. The molecule has 24 heavy (non-hydrogen) atoms. The third-order valence-electron chi connectivity index (χ3n) is 3.99. The first-order valence-electron chi connectivity index (χ1n) is 7.12. The number of hydrogen-bond acceptors (Lipinski definition) is 3. The number of rotatable bonds is 5. The van der Waals surface area contributed by atoms with E-state index < -0.39 is 29.5 Å². The van der Waals surface area contributed by atoms with Crippen LogP contribution in [0.2, 0.25) is 0 Å². The minimum absolute atomic E-state index is 0.0816. The van der Waals surface area contributed by atoms with Gasteiger partial charge in [-0.3, -0.25) is 14.5 Å². The lowest BCUT2D eigenvalue weighted by atomic mass is 9.83. The number of carbonyl (C=O) groups excluding carboxylic acids is 2. The molecule has 128 valence electrons. The Bertz CT molecular complexity index is 676. The van der Waals surface area contributed by atoms with Crippen molar-refractivity contribution in [2.24, 2.45) is 5.41 Å². The van der Waals surface area contributed by atoms with Crippen molar-refractivity contribution in [3.05, 3.63) is 60.2 Å². The molecule has 1 aromatic rings. The second kappa shape index (κ2) is 6.24. The second-order valence-electron chi connectivity index (χ2n) is 5.80. The van der Waals surface area contributed by atoms with Gasteiger partial charge in [0.2, 0.25) is 0 Å². The van der Waals surface area contributed by atoms with Gasteiger partial charge in [0.15, 0.2) is 0 Å². The van der Waals surface area contributed by atoms with Crippen LogP contribution in [0.15, 0.2) is 49.1 Å². The highest BCUT2D eigenvalue weighted by molar-refractivity contribution is 6.21. The van der Waals surface area contributed by atoms with Crippen molar-refractivity contribution in [1.82, 2.24) is 4.90 Å². The molecule has 0 aromatic heterocycles. The summed E-state index contributed by atoms with van der Waals surface area (Å²) < 4.78 is 36.8. The van der Waals surface area contributed by atoms with Gasteiger partial charge in [-0.15, -0.1) is 6.58 Å². The predicted octanol–water partition coefficient (Wildman–Crippen LogP) is 2.95. The average Bonchev–Trinajstić information content (AvgIpc) is 2.77. The van der Waals surface area contributed by atoms with Gasteiger partial charge in [0.1, 0.15) is 0 Å². The Labute approximate surface area is 136 Å². The number of halogens is 3. The zero-order valence-electron chi connectivity index (χ0n) is 12.9. The monoisotopic (exact) mass is 339 g/mol. The molecule has 2 amide bonds. The van der Waals surface area contributed by atoms with Crippen molar-refractivity contribution in [3.8, 4) is 0 Å². The normalized spacial score (nSPS) is 18.6. The van der Waals surface area contributed by atoms with Crippen LogP contribution in [0.3, 0.4) is 0 Å². The standard InChI is InChI=1S/C17H16F3NO3/c1-3-16(2,13(22)8-9-17(18,19)20)10-21-14(23)11-6-4-5-7-12(11)15(21)24/h3-9,13,22H,1,10H2,2H3/b9-8+/t13-,16-/m1/s1. The fourth-order valence-corrected chi connectivity index (χ4v) is 2.42. The number of fused-ring (bicyclic) bond motifs is 1. The third-order valence-corrected chi connectivity index (χ3v) is 3.99. The van der Waals surface area contributed by atoms with Gasteiger partial charge in [0.05, 0.1) is 17.2 Å². The average molecular weight is 339 g/mol. The first kappa shape index (κ1) is 17.9. The molecule has 2 atom stereocenters. The van der Waals surface area contributed by atoms with Gasteiger partial charge < -0.3 is 5.11 Å². The summed E-state index contributed by atoms with van der Waals surface area (Å²) in [5, 5.41) is 10.1. The Morgan fingerprint density at radius 3 is 2.12 bits per heavy atom. The van der Waals surface area contributed by atoms with Gasteiger partial charge in [-0.2, -0.15) is 13.2 Å². The lowest BCUT2D eigenvalue weighted by Gasteiger charge is -2.33. The molecule has 0 spiro atoms. The van der Waals surface area contributed by atoms with E-state index in [0.29, 0.717) is 6.08 Å². The highest BCUT2D eigenvalue weighted by Crippen LogP contribution is 2.31. The second-order valence-corrected chi connectivity index (χ2v) is 5.80. The van der Waals surface area contributed by atoms with Crippen molar-refractivity contribution in [3.63, 3.8) is 0 Å². The molecule has 0 aliphatic carbocycles. The molecule has 1 aliphatic rings. The number of nitrogens with zero attached hydrogens (tertiary/aromatic N) is 1.